The highest BCUT2D eigenvalue weighted by molar-refractivity contribution is 5.86. The van der Waals surface area contributed by atoms with Crippen LogP contribution in [-0.4, -0.2) is 41.9 Å². The second-order valence-electron chi connectivity index (χ2n) is 7.78. The van der Waals surface area contributed by atoms with Crippen LogP contribution in [0.5, 0.6) is 0 Å². The predicted molar refractivity (Wildman–Crippen MR) is 111 cm³/mol. The van der Waals surface area contributed by atoms with Gasteiger partial charge < -0.3 is 15.5 Å². The normalized spacial score (nSPS) is 19.3. The van der Waals surface area contributed by atoms with Crippen molar-refractivity contribution in [1.29, 1.82) is 0 Å². The van der Waals surface area contributed by atoms with Crippen LogP contribution in [0, 0.1) is 12.8 Å². The van der Waals surface area contributed by atoms with Crippen molar-refractivity contribution in [2.24, 2.45) is 10.9 Å². The molecular weight excluding hydrogens is 336 g/mol. The molecule has 1 unspecified atom stereocenters. The summed E-state index contributed by atoms with van der Waals surface area (Å²) in [6, 6.07) is 8.91. The maximum absolute atomic E-state index is 4.80. The van der Waals surface area contributed by atoms with Gasteiger partial charge in [-0.15, -0.1) is 0 Å². The maximum Gasteiger partial charge on any atom is 0.227 e. The highest BCUT2D eigenvalue weighted by Gasteiger charge is 2.21. The predicted octanol–water partition coefficient (Wildman–Crippen LogP) is 3.29. The number of nitrogens with one attached hydrogen (secondary N) is 2. The fourth-order valence-electron chi connectivity index (χ4n) is 3.75. The van der Waals surface area contributed by atoms with Crippen LogP contribution < -0.4 is 15.5 Å². The first-order valence-corrected chi connectivity index (χ1v) is 9.82. The minimum Gasteiger partial charge on any atom is -0.340 e. The molecule has 0 amide bonds. The Labute approximate surface area is 161 Å². The Kier molecular flexibility index (Phi) is 5.07. The van der Waals surface area contributed by atoms with Crippen molar-refractivity contribution in [3.63, 3.8) is 0 Å². The molecule has 0 spiro atoms. The van der Waals surface area contributed by atoms with Crippen molar-refractivity contribution in [2.45, 2.75) is 39.8 Å². The first-order chi connectivity index (χ1) is 13.1. The number of fused-ring (bicyclic) bond motifs is 1. The Bertz CT molecular complexity index is 845. The van der Waals surface area contributed by atoms with E-state index in [1.165, 1.54) is 11.1 Å². The van der Waals surface area contributed by atoms with E-state index in [2.05, 4.69) is 52.6 Å². The molecule has 4 rings (SSSR count). The van der Waals surface area contributed by atoms with Crippen LogP contribution in [-0.2, 0) is 6.54 Å². The number of rotatable bonds is 4. The van der Waals surface area contributed by atoms with Crippen molar-refractivity contribution < 1.29 is 0 Å². The molecule has 0 aliphatic carbocycles. The number of aryl methyl sites for hydroxylation is 1. The molecule has 0 radical (unpaired) electrons. The van der Waals surface area contributed by atoms with Gasteiger partial charge in [0.05, 0.1) is 6.54 Å². The number of hydrogen-bond donors (Lipinski definition) is 2. The lowest BCUT2D eigenvalue weighted by Crippen LogP contribution is -2.34. The molecule has 1 saturated heterocycles. The Morgan fingerprint density at radius 2 is 2.07 bits per heavy atom. The number of aromatic nitrogens is 2. The summed E-state index contributed by atoms with van der Waals surface area (Å²) in [5.74, 6) is 2.29. The van der Waals surface area contributed by atoms with Crippen LogP contribution >= 0.6 is 0 Å². The zero-order chi connectivity index (χ0) is 18.8. The summed E-state index contributed by atoms with van der Waals surface area (Å²) in [5, 5.41) is 7.09. The summed E-state index contributed by atoms with van der Waals surface area (Å²) in [6.45, 7) is 10.2. The molecule has 27 heavy (non-hydrogen) atoms. The molecule has 1 aromatic heterocycles. The minimum atomic E-state index is 0.561. The first kappa shape index (κ1) is 17.9. The summed E-state index contributed by atoms with van der Waals surface area (Å²) < 4.78 is 0. The highest BCUT2D eigenvalue weighted by Crippen LogP contribution is 2.23. The fourth-order valence-corrected chi connectivity index (χ4v) is 3.75. The van der Waals surface area contributed by atoms with E-state index in [1.54, 1.807) is 0 Å². The lowest BCUT2D eigenvalue weighted by molar-refractivity contribution is 0.403. The van der Waals surface area contributed by atoms with Crippen LogP contribution in [0.1, 0.15) is 37.1 Å². The Hall–Kier alpha value is -2.47. The molecule has 142 valence electrons. The quantitative estimate of drug-likeness (QED) is 0.872. The van der Waals surface area contributed by atoms with E-state index in [0.717, 1.165) is 55.7 Å². The standard InChI is InChI=1S/C21H28N6/c1-14(2)19-6-8-27(9-7-23-19)21-24-15(3)10-20(26-21)25-18-5-4-16-12-22-13-17(16)11-18/h4-5,10-11,13-14,19,23H,6-9,12H2,1-3H3,(H,24,25,26). The molecule has 1 aromatic carbocycles. The van der Waals surface area contributed by atoms with Crippen molar-refractivity contribution in [1.82, 2.24) is 15.3 Å². The summed E-state index contributed by atoms with van der Waals surface area (Å²) in [4.78, 5) is 16.1. The van der Waals surface area contributed by atoms with Gasteiger partial charge >= 0.3 is 0 Å². The SMILES string of the molecule is Cc1cc(Nc2ccc3c(c2)C=NC3)nc(N2CCNC(C(C)C)CC2)n1. The molecule has 1 atom stereocenters. The highest BCUT2D eigenvalue weighted by atomic mass is 15.3. The van der Waals surface area contributed by atoms with E-state index in [0.29, 0.717) is 12.0 Å². The first-order valence-electron chi connectivity index (χ1n) is 9.82. The number of nitrogens with zero attached hydrogens (tertiary/aromatic N) is 4. The smallest absolute Gasteiger partial charge is 0.227 e. The largest absolute Gasteiger partial charge is 0.340 e. The topological polar surface area (TPSA) is 65.4 Å². The van der Waals surface area contributed by atoms with Gasteiger partial charge in [-0.25, -0.2) is 4.98 Å². The summed E-state index contributed by atoms with van der Waals surface area (Å²) in [6.07, 6.45) is 3.05. The van der Waals surface area contributed by atoms with Crippen LogP contribution in [0.2, 0.25) is 0 Å². The third-order valence-corrected chi connectivity index (χ3v) is 5.34. The molecule has 2 N–H and O–H groups in total. The number of benzene rings is 1. The maximum atomic E-state index is 4.80. The van der Waals surface area contributed by atoms with Gasteiger partial charge in [-0.05, 0) is 42.5 Å². The molecule has 1 fully saturated rings. The minimum absolute atomic E-state index is 0.561. The summed E-state index contributed by atoms with van der Waals surface area (Å²) in [7, 11) is 0. The zero-order valence-electron chi connectivity index (χ0n) is 16.4. The van der Waals surface area contributed by atoms with Crippen LogP contribution in [0.3, 0.4) is 0 Å². The molecule has 0 saturated carbocycles. The molecule has 3 heterocycles. The van der Waals surface area contributed by atoms with Crippen molar-refractivity contribution in [2.75, 3.05) is 29.9 Å². The van der Waals surface area contributed by atoms with E-state index in [-0.39, 0.29) is 0 Å². The third-order valence-electron chi connectivity index (χ3n) is 5.34. The summed E-state index contributed by atoms with van der Waals surface area (Å²) >= 11 is 0. The molecule has 2 aliphatic heterocycles. The average Bonchev–Trinajstić information content (AvgIpc) is 2.95. The monoisotopic (exact) mass is 364 g/mol. The van der Waals surface area contributed by atoms with Gasteiger partial charge in [0, 0.05) is 49.3 Å². The van der Waals surface area contributed by atoms with E-state index in [9.17, 15) is 0 Å². The Morgan fingerprint density at radius 3 is 2.93 bits per heavy atom. The molecule has 2 aliphatic rings. The number of hydrogen-bond acceptors (Lipinski definition) is 6. The lowest BCUT2D eigenvalue weighted by Gasteiger charge is -2.22. The van der Waals surface area contributed by atoms with E-state index < -0.39 is 0 Å². The van der Waals surface area contributed by atoms with E-state index >= 15 is 0 Å². The molecular formula is C21H28N6. The Balaban J connectivity index is 1.52. The van der Waals surface area contributed by atoms with Crippen molar-refractivity contribution >= 4 is 23.7 Å². The summed E-state index contributed by atoms with van der Waals surface area (Å²) in [5.41, 5.74) is 4.47. The average molecular weight is 364 g/mol. The van der Waals surface area contributed by atoms with Gasteiger partial charge in [0.2, 0.25) is 5.95 Å². The third kappa shape index (κ3) is 4.11. The van der Waals surface area contributed by atoms with Gasteiger partial charge in [-0.1, -0.05) is 19.9 Å². The van der Waals surface area contributed by atoms with Gasteiger partial charge in [0.15, 0.2) is 0 Å². The van der Waals surface area contributed by atoms with Gasteiger partial charge in [-0.3, -0.25) is 4.99 Å². The van der Waals surface area contributed by atoms with Crippen molar-refractivity contribution in [3.8, 4) is 0 Å². The van der Waals surface area contributed by atoms with E-state index in [1.807, 2.05) is 19.2 Å². The fraction of sp³-hybridized carbons (Fsp3) is 0.476. The number of aliphatic imine (C=N–C) groups is 1. The molecule has 6 nitrogen and oxygen atoms in total. The van der Waals surface area contributed by atoms with Gasteiger partial charge in [-0.2, -0.15) is 4.98 Å². The number of anilines is 3. The van der Waals surface area contributed by atoms with Crippen LogP contribution in [0.4, 0.5) is 17.5 Å². The zero-order valence-corrected chi connectivity index (χ0v) is 16.4. The molecule has 2 aromatic rings. The van der Waals surface area contributed by atoms with Crippen LogP contribution in [0.25, 0.3) is 0 Å². The van der Waals surface area contributed by atoms with Gasteiger partial charge in [0.25, 0.3) is 0 Å². The van der Waals surface area contributed by atoms with Crippen molar-refractivity contribution in [3.05, 3.63) is 41.1 Å². The molecule has 0 bridgehead atoms. The van der Waals surface area contributed by atoms with E-state index in [4.69, 9.17) is 9.97 Å². The lowest BCUT2D eigenvalue weighted by atomic mass is 10.0. The van der Waals surface area contributed by atoms with Gasteiger partial charge in [0.1, 0.15) is 5.82 Å². The Morgan fingerprint density at radius 1 is 1.19 bits per heavy atom. The second-order valence-corrected chi connectivity index (χ2v) is 7.78. The van der Waals surface area contributed by atoms with Crippen LogP contribution in [0.15, 0.2) is 29.3 Å². The second kappa shape index (κ2) is 7.64. The molecule has 6 heteroatoms.